The van der Waals surface area contributed by atoms with Crippen LogP contribution in [0.2, 0.25) is 0 Å². The third-order valence-corrected chi connectivity index (χ3v) is 4.49. The van der Waals surface area contributed by atoms with Gasteiger partial charge in [-0.15, -0.1) is 0 Å². The number of nitriles is 1. The van der Waals surface area contributed by atoms with Gasteiger partial charge in [0.15, 0.2) is 11.5 Å². The molecule has 1 amide bonds. The molecule has 0 saturated heterocycles. The van der Waals surface area contributed by atoms with Crippen molar-refractivity contribution in [3.05, 3.63) is 69.1 Å². The summed E-state index contributed by atoms with van der Waals surface area (Å²) in [6, 6.07) is 12.4. The standard InChI is InChI=1S/C20H16Br2N2O3/c1-3-8-27-19-17(22)10-13(11-18(19)26-2)9-14(12-23)20(25)24-16-6-4-15(21)5-7-16/h3-7,9-11H,1,8H2,2H3,(H,24,25)/b14-9-. The molecule has 0 aromatic heterocycles. The molecule has 0 aliphatic heterocycles. The van der Waals surface area contributed by atoms with Crippen LogP contribution >= 0.6 is 31.9 Å². The van der Waals surface area contributed by atoms with Gasteiger partial charge in [0.05, 0.1) is 11.6 Å². The Kier molecular flexibility index (Phi) is 7.65. The fraction of sp³-hybridized carbons (Fsp3) is 0.100. The van der Waals surface area contributed by atoms with Crippen LogP contribution < -0.4 is 14.8 Å². The van der Waals surface area contributed by atoms with Crippen LogP contribution in [0.5, 0.6) is 11.5 Å². The number of nitrogens with zero attached hydrogens (tertiary/aromatic N) is 1. The lowest BCUT2D eigenvalue weighted by molar-refractivity contribution is -0.112. The highest BCUT2D eigenvalue weighted by molar-refractivity contribution is 9.10. The summed E-state index contributed by atoms with van der Waals surface area (Å²) in [4.78, 5) is 12.4. The van der Waals surface area contributed by atoms with Crippen molar-refractivity contribution >= 4 is 49.5 Å². The number of amides is 1. The Balaban J connectivity index is 2.29. The predicted octanol–water partition coefficient (Wildman–Crippen LogP) is 5.33. The van der Waals surface area contributed by atoms with Gasteiger partial charge in [0, 0.05) is 10.2 Å². The molecule has 0 heterocycles. The van der Waals surface area contributed by atoms with Crippen molar-refractivity contribution in [3.63, 3.8) is 0 Å². The van der Waals surface area contributed by atoms with E-state index in [0.717, 1.165) is 4.47 Å². The first-order valence-electron chi connectivity index (χ1n) is 7.78. The van der Waals surface area contributed by atoms with Crippen LogP contribution in [-0.4, -0.2) is 19.6 Å². The topological polar surface area (TPSA) is 71.3 Å². The molecule has 0 bridgehead atoms. The number of hydrogen-bond acceptors (Lipinski definition) is 4. The van der Waals surface area contributed by atoms with Gasteiger partial charge in [-0.25, -0.2) is 0 Å². The molecule has 0 saturated carbocycles. The van der Waals surface area contributed by atoms with Gasteiger partial charge in [0.2, 0.25) is 0 Å². The van der Waals surface area contributed by atoms with E-state index in [0.29, 0.717) is 33.8 Å². The first kappa shape index (κ1) is 20.7. The van der Waals surface area contributed by atoms with E-state index in [-0.39, 0.29) is 5.57 Å². The molecule has 0 fully saturated rings. The molecule has 7 heteroatoms. The van der Waals surface area contributed by atoms with Crippen LogP contribution in [0.4, 0.5) is 5.69 Å². The van der Waals surface area contributed by atoms with Crippen LogP contribution in [0.25, 0.3) is 6.08 Å². The largest absolute Gasteiger partial charge is 0.493 e. The zero-order chi connectivity index (χ0) is 19.8. The number of halogens is 2. The molecule has 2 aromatic rings. The molecular formula is C20H16Br2N2O3. The number of rotatable bonds is 7. The SMILES string of the molecule is C=CCOc1c(Br)cc(/C=C(/C#N)C(=O)Nc2ccc(Br)cc2)cc1OC. The zero-order valence-corrected chi connectivity index (χ0v) is 17.6. The van der Waals surface area contributed by atoms with Crippen molar-refractivity contribution in [1.82, 2.24) is 0 Å². The molecular weight excluding hydrogens is 476 g/mol. The summed E-state index contributed by atoms with van der Waals surface area (Å²) in [6.45, 7) is 3.94. The lowest BCUT2D eigenvalue weighted by Gasteiger charge is -2.12. The fourth-order valence-corrected chi connectivity index (χ4v) is 2.99. The maximum absolute atomic E-state index is 12.4. The second-order valence-electron chi connectivity index (χ2n) is 5.26. The van der Waals surface area contributed by atoms with Crippen molar-refractivity contribution in [3.8, 4) is 17.6 Å². The van der Waals surface area contributed by atoms with Crippen molar-refractivity contribution in [2.75, 3.05) is 19.0 Å². The molecule has 2 rings (SSSR count). The van der Waals surface area contributed by atoms with Crippen LogP contribution in [0.3, 0.4) is 0 Å². The van der Waals surface area contributed by atoms with Crippen molar-refractivity contribution in [2.45, 2.75) is 0 Å². The normalized spacial score (nSPS) is 10.7. The van der Waals surface area contributed by atoms with Crippen LogP contribution in [0.15, 0.2) is 63.6 Å². The molecule has 0 aliphatic rings. The summed E-state index contributed by atoms with van der Waals surface area (Å²) >= 11 is 6.75. The van der Waals surface area contributed by atoms with Crippen LogP contribution in [-0.2, 0) is 4.79 Å². The van der Waals surface area contributed by atoms with E-state index >= 15 is 0 Å². The van der Waals surface area contributed by atoms with Gasteiger partial charge in [-0.2, -0.15) is 5.26 Å². The molecule has 0 unspecified atom stereocenters. The van der Waals surface area contributed by atoms with E-state index in [1.807, 2.05) is 6.07 Å². The van der Waals surface area contributed by atoms with Gasteiger partial charge in [0.1, 0.15) is 18.2 Å². The molecule has 1 N–H and O–H groups in total. The summed E-state index contributed by atoms with van der Waals surface area (Å²) in [7, 11) is 1.52. The highest BCUT2D eigenvalue weighted by atomic mass is 79.9. The molecule has 0 aliphatic carbocycles. The Hall–Kier alpha value is -2.56. The summed E-state index contributed by atoms with van der Waals surface area (Å²) in [5.41, 5.74) is 1.18. The van der Waals surface area contributed by atoms with Gasteiger partial charge in [-0.3, -0.25) is 4.79 Å². The van der Waals surface area contributed by atoms with Gasteiger partial charge >= 0.3 is 0 Å². The number of benzene rings is 2. The smallest absolute Gasteiger partial charge is 0.266 e. The first-order valence-corrected chi connectivity index (χ1v) is 9.37. The van der Waals surface area contributed by atoms with Gasteiger partial charge in [-0.05, 0) is 64.0 Å². The molecule has 0 atom stereocenters. The number of nitrogens with one attached hydrogen (secondary N) is 1. The minimum atomic E-state index is -0.498. The Morgan fingerprint density at radius 2 is 2.00 bits per heavy atom. The number of anilines is 1. The summed E-state index contributed by atoms with van der Waals surface area (Å²) < 4.78 is 12.4. The third kappa shape index (κ3) is 5.71. The number of carbonyl (C=O) groups is 1. The van der Waals surface area contributed by atoms with Crippen molar-refractivity contribution in [1.29, 1.82) is 5.26 Å². The Labute approximate surface area is 174 Å². The van der Waals surface area contributed by atoms with Gasteiger partial charge in [-0.1, -0.05) is 28.6 Å². The molecule has 2 aromatic carbocycles. The Morgan fingerprint density at radius 1 is 1.30 bits per heavy atom. The van der Waals surface area contributed by atoms with Crippen LogP contribution in [0, 0.1) is 11.3 Å². The number of hydrogen-bond donors (Lipinski definition) is 1. The van der Waals surface area contributed by atoms with Crippen molar-refractivity contribution in [2.24, 2.45) is 0 Å². The number of carbonyl (C=O) groups excluding carboxylic acids is 1. The Bertz CT molecular complexity index is 916. The van der Waals surface area contributed by atoms with Gasteiger partial charge < -0.3 is 14.8 Å². The van der Waals surface area contributed by atoms with E-state index in [2.05, 4.69) is 43.8 Å². The van der Waals surface area contributed by atoms with E-state index < -0.39 is 5.91 Å². The molecule has 0 spiro atoms. The Morgan fingerprint density at radius 3 is 2.59 bits per heavy atom. The first-order chi connectivity index (χ1) is 13.0. The quantitative estimate of drug-likeness (QED) is 0.322. The van der Waals surface area contributed by atoms with Crippen LogP contribution in [0.1, 0.15) is 5.56 Å². The predicted molar refractivity (Wildman–Crippen MR) is 113 cm³/mol. The highest BCUT2D eigenvalue weighted by Gasteiger charge is 2.14. The second-order valence-corrected chi connectivity index (χ2v) is 7.03. The lowest BCUT2D eigenvalue weighted by Crippen LogP contribution is -2.13. The van der Waals surface area contributed by atoms with E-state index in [9.17, 15) is 10.1 Å². The maximum Gasteiger partial charge on any atom is 0.266 e. The summed E-state index contributed by atoms with van der Waals surface area (Å²) in [5.74, 6) is 0.498. The zero-order valence-electron chi connectivity index (χ0n) is 14.5. The minimum Gasteiger partial charge on any atom is -0.493 e. The minimum absolute atomic E-state index is 0.0355. The van der Waals surface area contributed by atoms with E-state index in [4.69, 9.17) is 9.47 Å². The molecule has 27 heavy (non-hydrogen) atoms. The highest BCUT2D eigenvalue weighted by Crippen LogP contribution is 2.37. The summed E-state index contributed by atoms with van der Waals surface area (Å²) in [6.07, 6.45) is 3.11. The molecule has 138 valence electrons. The number of methoxy groups -OCH3 is 1. The summed E-state index contributed by atoms with van der Waals surface area (Å²) in [5, 5.41) is 12.1. The second kappa shape index (κ2) is 9.95. The van der Waals surface area contributed by atoms with Crippen molar-refractivity contribution < 1.29 is 14.3 Å². The molecule has 5 nitrogen and oxygen atoms in total. The lowest BCUT2D eigenvalue weighted by atomic mass is 10.1. The fourth-order valence-electron chi connectivity index (χ4n) is 2.15. The average Bonchev–Trinajstić information content (AvgIpc) is 2.66. The monoisotopic (exact) mass is 490 g/mol. The number of ether oxygens (including phenoxy) is 2. The average molecular weight is 492 g/mol. The molecule has 0 radical (unpaired) electrons. The van der Waals surface area contributed by atoms with E-state index in [1.54, 1.807) is 42.5 Å². The third-order valence-electron chi connectivity index (χ3n) is 3.38. The maximum atomic E-state index is 12.4. The van der Waals surface area contributed by atoms with E-state index in [1.165, 1.54) is 13.2 Å². The van der Waals surface area contributed by atoms with Gasteiger partial charge in [0.25, 0.3) is 5.91 Å².